The van der Waals surface area contributed by atoms with E-state index < -0.39 is 42.0 Å². The number of carboxylic acids is 1. The summed E-state index contributed by atoms with van der Waals surface area (Å²) in [6.07, 6.45) is 1.89. The molecule has 2 amide bonds. The SMILES string of the molecule is CC(O)C(N)C(=O)NC(Cc1ccccc1)C(=O)NC(Cc1cnc[nH]1)C(=O)O. The molecule has 0 saturated carbocycles. The van der Waals surface area contributed by atoms with Crippen molar-refractivity contribution in [3.63, 3.8) is 0 Å². The standard InChI is InChI=1S/C19H25N5O5/c1-11(25)16(20)18(27)23-14(7-12-5-3-2-4-6-12)17(26)24-15(19(28)29)8-13-9-21-10-22-13/h2-6,9-11,14-16,25H,7-8,20H2,1H3,(H,21,22)(H,23,27)(H,24,26)(H,28,29). The smallest absolute Gasteiger partial charge is 0.326 e. The van der Waals surface area contributed by atoms with Crippen molar-refractivity contribution in [2.45, 2.75) is 44.0 Å². The maximum absolute atomic E-state index is 12.8. The number of nitrogens with two attached hydrogens (primary N) is 1. The molecule has 1 heterocycles. The summed E-state index contributed by atoms with van der Waals surface area (Å²) in [5.41, 5.74) is 6.95. The number of aliphatic hydroxyl groups is 1. The largest absolute Gasteiger partial charge is 0.480 e. The van der Waals surface area contributed by atoms with Gasteiger partial charge in [-0.25, -0.2) is 9.78 Å². The van der Waals surface area contributed by atoms with Crippen molar-refractivity contribution in [3.8, 4) is 0 Å². The average molecular weight is 403 g/mol. The summed E-state index contributed by atoms with van der Waals surface area (Å²) >= 11 is 0. The Hall–Kier alpha value is -3.24. The first-order valence-corrected chi connectivity index (χ1v) is 9.06. The van der Waals surface area contributed by atoms with Gasteiger partial charge in [-0.15, -0.1) is 0 Å². The van der Waals surface area contributed by atoms with Gasteiger partial charge in [0.15, 0.2) is 0 Å². The molecule has 0 saturated heterocycles. The molecule has 29 heavy (non-hydrogen) atoms. The second-order valence-electron chi connectivity index (χ2n) is 6.70. The van der Waals surface area contributed by atoms with Gasteiger partial charge in [0.25, 0.3) is 0 Å². The van der Waals surface area contributed by atoms with Crippen molar-refractivity contribution in [2.24, 2.45) is 5.73 Å². The molecule has 156 valence electrons. The number of benzene rings is 1. The third-order valence-electron chi connectivity index (χ3n) is 4.33. The zero-order chi connectivity index (χ0) is 21.4. The van der Waals surface area contributed by atoms with E-state index in [4.69, 9.17) is 5.73 Å². The van der Waals surface area contributed by atoms with Gasteiger partial charge in [-0.05, 0) is 12.5 Å². The lowest BCUT2D eigenvalue weighted by atomic mass is 10.0. The average Bonchev–Trinajstić information content (AvgIpc) is 3.20. The molecule has 4 unspecified atom stereocenters. The number of imidazole rings is 1. The Morgan fingerprint density at radius 2 is 1.76 bits per heavy atom. The Labute approximate surface area is 167 Å². The van der Waals surface area contributed by atoms with Crippen molar-refractivity contribution >= 4 is 17.8 Å². The summed E-state index contributed by atoms with van der Waals surface area (Å²) in [5, 5.41) is 23.9. The number of carbonyl (C=O) groups excluding carboxylic acids is 2. The molecule has 0 spiro atoms. The summed E-state index contributed by atoms with van der Waals surface area (Å²) in [5.74, 6) is -2.61. The molecular formula is C19H25N5O5. The van der Waals surface area contributed by atoms with E-state index in [9.17, 15) is 24.6 Å². The number of nitrogens with zero attached hydrogens (tertiary/aromatic N) is 1. The fourth-order valence-electron chi connectivity index (χ4n) is 2.63. The molecule has 4 atom stereocenters. The van der Waals surface area contributed by atoms with Crippen LogP contribution in [0.15, 0.2) is 42.9 Å². The number of H-pyrrole nitrogens is 1. The molecule has 10 heteroatoms. The Kier molecular flexibility index (Phi) is 7.87. The highest BCUT2D eigenvalue weighted by Gasteiger charge is 2.29. The quantitative estimate of drug-likeness (QED) is 0.294. The highest BCUT2D eigenvalue weighted by Crippen LogP contribution is 2.06. The summed E-state index contributed by atoms with van der Waals surface area (Å²) in [6.45, 7) is 1.36. The number of carbonyl (C=O) groups is 3. The fourth-order valence-corrected chi connectivity index (χ4v) is 2.63. The van der Waals surface area contributed by atoms with Crippen LogP contribution in [-0.2, 0) is 27.2 Å². The molecule has 7 N–H and O–H groups in total. The van der Waals surface area contributed by atoms with Crippen LogP contribution in [0.3, 0.4) is 0 Å². The fraction of sp³-hybridized carbons (Fsp3) is 0.368. The van der Waals surface area contributed by atoms with Gasteiger partial charge in [0.1, 0.15) is 18.1 Å². The topological polar surface area (TPSA) is 170 Å². The van der Waals surface area contributed by atoms with Crippen LogP contribution >= 0.6 is 0 Å². The third-order valence-corrected chi connectivity index (χ3v) is 4.33. The Bertz CT molecular complexity index is 810. The highest BCUT2D eigenvalue weighted by atomic mass is 16.4. The van der Waals surface area contributed by atoms with Gasteiger partial charge in [-0.1, -0.05) is 30.3 Å². The second kappa shape index (κ2) is 10.3. The van der Waals surface area contributed by atoms with Crippen molar-refractivity contribution in [1.29, 1.82) is 0 Å². The third kappa shape index (κ3) is 6.70. The van der Waals surface area contributed by atoms with Gasteiger partial charge in [0.05, 0.1) is 12.4 Å². The van der Waals surface area contributed by atoms with Crippen molar-refractivity contribution in [2.75, 3.05) is 0 Å². The van der Waals surface area contributed by atoms with Crippen molar-refractivity contribution in [1.82, 2.24) is 20.6 Å². The molecule has 2 rings (SSSR count). The molecular weight excluding hydrogens is 378 g/mol. The molecule has 1 aromatic carbocycles. The molecule has 10 nitrogen and oxygen atoms in total. The van der Waals surface area contributed by atoms with Gasteiger partial charge in [-0.2, -0.15) is 0 Å². The molecule has 0 radical (unpaired) electrons. The van der Waals surface area contributed by atoms with Gasteiger partial charge >= 0.3 is 5.97 Å². The van der Waals surface area contributed by atoms with Crippen LogP contribution in [0.2, 0.25) is 0 Å². The summed E-state index contributed by atoms with van der Waals surface area (Å²) in [4.78, 5) is 43.2. The van der Waals surface area contributed by atoms with Gasteiger partial charge in [0, 0.05) is 24.7 Å². The molecule has 0 aliphatic rings. The predicted octanol–water partition coefficient (Wildman–Crippen LogP) is -1.04. The number of rotatable bonds is 10. The zero-order valence-corrected chi connectivity index (χ0v) is 15.9. The van der Waals surface area contributed by atoms with Crippen LogP contribution in [0.25, 0.3) is 0 Å². The van der Waals surface area contributed by atoms with Crippen LogP contribution < -0.4 is 16.4 Å². The lowest BCUT2D eigenvalue weighted by Gasteiger charge is -2.23. The van der Waals surface area contributed by atoms with E-state index in [1.165, 1.54) is 19.4 Å². The summed E-state index contributed by atoms with van der Waals surface area (Å²) in [7, 11) is 0. The van der Waals surface area contributed by atoms with Crippen molar-refractivity contribution in [3.05, 3.63) is 54.1 Å². The predicted molar refractivity (Wildman–Crippen MR) is 104 cm³/mol. The molecule has 0 fully saturated rings. The summed E-state index contributed by atoms with van der Waals surface area (Å²) < 4.78 is 0. The number of carboxylic acid groups (broad SMARTS) is 1. The van der Waals surface area contributed by atoms with Crippen LogP contribution in [0.4, 0.5) is 0 Å². The van der Waals surface area contributed by atoms with Gasteiger partial charge < -0.3 is 31.6 Å². The number of amides is 2. The Morgan fingerprint density at radius 1 is 1.10 bits per heavy atom. The van der Waals surface area contributed by atoms with E-state index in [0.29, 0.717) is 5.69 Å². The van der Waals surface area contributed by atoms with Crippen LogP contribution in [0.5, 0.6) is 0 Å². The number of hydrogen-bond acceptors (Lipinski definition) is 6. The second-order valence-corrected chi connectivity index (χ2v) is 6.70. The molecule has 2 aromatic rings. The van der Waals surface area contributed by atoms with E-state index in [0.717, 1.165) is 5.56 Å². The summed E-state index contributed by atoms with van der Waals surface area (Å²) in [6, 6.07) is 5.42. The lowest BCUT2D eigenvalue weighted by molar-refractivity contribution is -0.142. The highest BCUT2D eigenvalue weighted by molar-refractivity contribution is 5.92. The maximum Gasteiger partial charge on any atom is 0.326 e. The number of aromatic nitrogens is 2. The minimum atomic E-state index is -1.22. The molecule has 1 aromatic heterocycles. The number of nitrogens with one attached hydrogen (secondary N) is 3. The first-order chi connectivity index (χ1) is 13.8. The number of aromatic amines is 1. The van der Waals surface area contributed by atoms with Crippen LogP contribution in [0, 0.1) is 0 Å². The number of aliphatic hydroxyl groups excluding tert-OH is 1. The van der Waals surface area contributed by atoms with E-state index in [1.54, 1.807) is 24.3 Å². The minimum Gasteiger partial charge on any atom is -0.480 e. The van der Waals surface area contributed by atoms with E-state index in [-0.39, 0.29) is 12.8 Å². The minimum absolute atomic E-state index is 0.000263. The first kappa shape index (κ1) is 22.1. The van der Waals surface area contributed by atoms with Crippen molar-refractivity contribution < 1.29 is 24.6 Å². The monoisotopic (exact) mass is 403 g/mol. The maximum atomic E-state index is 12.8. The van der Waals surface area contributed by atoms with Crippen LogP contribution in [0.1, 0.15) is 18.2 Å². The Balaban J connectivity index is 2.15. The molecule has 0 aliphatic carbocycles. The zero-order valence-electron chi connectivity index (χ0n) is 15.9. The number of hydrogen-bond donors (Lipinski definition) is 6. The number of aliphatic carboxylic acids is 1. The van der Waals surface area contributed by atoms with Gasteiger partial charge in [0.2, 0.25) is 11.8 Å². The van der Waals surface area contributed by atoms with Crippen LogP contribution in [-0.4, -0.2) is 62.2 Å². The first-order valence-electron chi connectivity index (χ1n) is 9.06. The van der Waals surface area contributed by atoms with E-state index >= 15 is 0 Å². The molecule has 0 aliphatic heterocycles. The normalized spacial score (nSPS) is 15.0. The van der Waals surface area contributed by atoms with Gasteiger partial charge in [-0.3, -0.25) is 9.59 Å². The Morgan fingerprint density at radius 3 is 2.31 bits per heavy atom. The molecule has 0 bridgehead atoms. The van der Waals surface area contributed by atoms with E-state index in [1.807, 2.05) is 6.07 Å². The lowest BCUT2D eigenvalue weighted by Crippen LogP contribution is -2.57. The van der Waals surface area contributed by atoms with E-state index in [2.05, 4.69) is 20.6 Å².